The quantitative estimate of drug-likeness (QED) is 0.794. The Bertz CT molecular complexity index is 339. The molecule has 4 heteroatoms. The van der Waals surface area contributed by atoms with Crippen LogP contribution in [0, 0.1) is 6.92 Å². The lowest BCUT2D eigenvalue weighted by atomic mass is 9.97. The van der Waals surface area contributed by atoms with E-state index in [2.05, 4.69) is 4.98 Å². The molecule has 1 aliphatic rings. The minimum Gasteiger partial charge on any atom is -0.384 e. The zero-order valence-corrected chi connectivity index (χ0v) is 9.12. The van der Waals surface area contributed by atoms with Crippen molar-refractivity contribution in [3.63, 3.8) is 0 Å². The summed E-state index contributed by atoms with van der Waals surface area (Å²) in [6, 6.07) is 3.86. The molecule has 0 bridgehead atoms. The molecule has 1 aromatic heterocycles. The molecule has 2 heterocycles. The Kier molecular flexibility index (Phi) is 2.63. The number of methoxy groups -OCH3 is 1. The van der Waals surface area contributed by atoms with Crippen LogP contribution in [0.2, 0.25) is 0 Å². The minimum atomic E-state index is -0.403. The first kappa shape index (κ1) is 10.4. The summed E-state index contributed by atoms with van der Waals surface area (Å²) in [6.45, 7) is 3.27. The molecular formula is C11H16N2O2. The topological polar surface area (TPSA) is 57.4 Å². The van der Waals surface area contributed by atoms with Gasteiger partial charge in [-0.05, 0) is 24.6 Å². The monoisotopic (exact) mass is 208 g/mol. The van der Waals surface area contributed by atoms with Gasteiger partial charge < -0.3 is 15.2 Å². The van der Waals surface area contributed by atoms with Gasteiger partial charge in [0.15, 0.2) is 0 Å². The molecule has 0 amide bonds. The van der Waals surface area contributed by atoms with Crippen LogP contribution in [-0.2, 0) is 15.1 Å². The van der Waals surface area contributed by atoms with E-state index in [1.54, 1.807) is 7.11 Å². The molecule has 15 heavy (non-hydrogen) atoms. The van der Waals surface area contributed by atoms with Crippen molar-refractivity contribution in [2.75, 3.05) is 26.1 Å². The van der Waals surface area contributed by atoms with Crippen LogP contribution in [0.4, 0.5) is 5.82 Å². The van der Waals surface area contributed by atoms with Gasteiger partial charge in [-0.1, -0.05) is 0 Å². The average Bonchev–Trinajstić information content (AvgIpc) is 2.65. The standard InChI is InChI=1S/C11H16N2O2/c1-8-5-9(13-10(12)6-8)11(14-2)3-4-15-7-11/h5-6H,3-4,7H2,1-2H3,(H2,12,13). The fraction of sp³-hybridized carbons (Fsp3) is 0.545. The van der Waals surface area contributed by atoms with Gasteiger partial charge >= 0.3 is 0 Å². The van der Waals surface area contributed by atoms with E-state index in [9.17, 15) is 0 Å². The highest BCUT2D eigenvalue weighted by Gasteiger charge is 2.38. The molecule has 0 radical (unpaired) electrons. The first-order valence-electron chi connectivity index (χ1n) is 5.04. The van der Waals surface area contributed by atoms with Crippen LogP contribution >= 0.6 is 0 Å². The number of nitrogens with zero attached hydrogens (tertiary/aromatic N) is 1. The van der Waals surface area contributed by atoms with Gasteiger partial charge in [-0.2, -0.15) is 0 Å². The van der Waals surface area contributed by atoms with Gasteiger partial charge in [-0.25, -0.2) is 4.98 Å². The maximum absolute atomic E-state index is 5.73. The molecule has 2 N–H and O–H groups in total. The molecule has 0 aliphatic carbocycles. The molecule has 1 fully saturated rings. The highest BCUT2D eigenvalue weighted by atomic mass is 16.5. The summed E-state index contributed by atoms with van der Waals surface area (Å²) >= 11 is 0. The summed E-state index contributed by atoms with van der Waals surface area (Å²) in [6.07, 6.45) is 0.833. The van der Waals surface area contributed by atoms with Crippen molar-refractivity contribution < 1.29 is 9.47 Å². The SMILES string of the molecule is COC1(c2cc(C)cc(N)n2)CCOC1. The molecule has 2 rings (SSSR count). The lowest BCUT2D eigenvalue weighted by Crippen LogP contribution is -2.30. The predicted octanol–water partition coefficient (Wildman–Crippen LogP) is 1.23. The number of hydrogen-bond acceptors (Lipinski definition) is 4. The van der Waals surface area contributed by atoms with E-state index >= 15 is 0 Å². The Balaban J connectivity index is 2.42. The second kappa shape index (κ2) is 3.79. The van der Waals surface area contributed by atoms with Crippen LogP contribution in [0.25, 0.3) is 0 Å². The van der Waals surface area contributed by atoms with Gasteiger partial charge in [0.1, 0.15) is 11.4 Å². The molecule has 1 unspecified atom stereocenters. The van der Waals surface area contributed by atoms with Crippen molar-refractivity contribution in [1.29, 1.82) is 0 Å². The van der Waals surface area contributed by atoms with Gasteiger partial charge in [0.25, 0.3) is 0 Å². The van der Waals surface area contributed by atoms with Gasteiger partial charge in [0.2, 0.25) is 0 Å². The van der Waals surface area contributed by atoms with Crippen molar-refractivity contribution in [2.24, 2.45) is 0 Å². The Hall–Kier alpha value is -1.13. The van der Waals surface area contributed by atoms with E-state index in [0.29, 0.717) is 19.0 Å². The van der Waals surface area contributed by atoms with Crippen LogP contribution in [0.1, 0.15) is 17.7 Å². The summed E-state index contributed by atoms with van der Waals surface area (Å²) in [7, 11) is 1.69. The fourth-order valence-electron chi connectivity index (χ4n) is 1.94. The van der Waals surface area contributed by atoms with E-state index in [1.807, 2.05) is 19.1 Å². The molecule has 1 saturated heterocycles. The smallest absolute Gasteiger partial charge is 0.135 e. The summed E-state index contributed by atoms with van der Waals surface area (Å²) in [4.78, 5) is 4.33. The van der Waals surface area contributed by atoms with E-state index in [1.165, 1.54) is 0 Å². The molecule has 1 aliphatic heterocycles. The number of hydrogen-bond donors (Lipinski definition) is 1. The van der Waals surface area contributed by atoms with Gasteiger partial charge in [-0.15, -0.1) is 0 Å². The van der Waals surface area contributed by atoms with Gasteiger partial charge in [-0.3, -0.25) is 0 Å². The van der Waals surface area contributed by atoms with E-state index < -0.39 is 5.60 Å². The van der Waals surface area contributed by atoms with Crippen LogP contribution in [-0.4, -0.2) is 25.3 Å². The molecule has 82 valence electrons. The summed E-state index contributed by atoms with van der Waals surface area (Å²) in [5.74, 6) is 0.535. The van der Waals surface area contributed by atoms with E-state index in [0.717, 1.165) is 17.7 Å². The van der Waals surface area contributed by atoms with Crippen molar-refractivity contribution in [2.45, 2.75) is 18.9 Å². The van der Waals surface area contributed by atoms with Crippen molar-refractivity contribution in [3.8, 4) is 0 Å². The first-order chi connectivity index (χ1) is 7.16. The van der Waals surface area contributed by atoms with Crippen LogP contribution in [0.3, 0.4) is 0 Å². The average molecular weight is 208 g/mol. The largest absolute Gasteiger partial charge is 0.384 e. The van der Waals surface area contributed by atoms with Crippen molar-refractivity contribution in [1.82, 2.24) is 4.98 Å². The van der Waals surface area contributed by atoms with Crippen molar-refractivity contribution in [3.05, 3.63) is 23.4 Å². The van der Waals surface area contributed by atoms with Crippen molar-refractivity contribution >= 4 is 5.82 Å². The molecular weight excluding hydrogens is 192 g/mol. The number of ether oxygens (including phenoxy) is 2. The van der Waals surface area contributed by atoms with E-state index in [4.69, 9.17) is 15.2 Å². The number of aryl methyl sites for hydroxylation is 1. The fourth-order valence-corrected chi connectivity index (χ4v) is 1.94. The number of pyridine rings is 1. The third kappa shape index (κ3) is 1.82. The molecule has 1 atom stereocenters. The summed E-state index contributed by atoms with van der Waals surface area (Å²) in [5.41, 5.74) is 7.30. The highest BCUT2D eigenvalue weighted by Crippen LogP contribution is 2.33. The Morgan fingerprint density at radius 1 is 1.53 bits per heavy atom. The number of nitrogen functional groups attached to an aromatic ring is 1. The lowest BCUT2D eigenvalue weighted by Gasteiger charge is -2.25. The Morgan fingerprint density at radius 3 is 2.87 bits per heavy atom. The van der Waals surface area contributed by atoms with Crippen LogP contribution in [0.15, 0.2) is 12.1 Å². The van der Waals surface area contributed by atoms with Crippen LogP contribution in [0.5, 0.6) is 0 Å². The van der Waals surface area contributed by atoms with Gasteiger partial charge in [0.05, 0.1) is 12.3 Å². The third-order valence-corrected chi connectivity index (χ3v) is 2.83. The third-order valence-electron chi connectivity index (χ3n) is 2.83. The molecule has 4 nitrogen and oxygen atoms in total. The number of aromatic nitrogens is 1. The summed E-state index contributed by atoms with van der Waals surface area (Å²) < 4.78 is 10.9. The Morgan fingerprint density at radius 2 is 2.33 bits per heavy atom. The normalized spacial score (nSPS) is 25.7. The zero-order chi connectivity index (χ0) is 10.9. The first-order valence-corrected chi connectivity index (χ1v) is 5.04. The molecule has 1 aromatic rings. The molecule has 0 spiro atoms. The van der Waals surface area contributed by atoms with E-state index in [-0.39, 0.29) is 0 Å². The number of nitrogens with two attached hydrogens (primary N) is 1. The predicted molar refractivity (Wildman–Crippen MR) is 57.5 cm³/mol. The molecule has 0 saturated carbocycles. The number of anilines is 1. The second-order valence-corrected chi connectivity index (χ2v) is 3.96. The highest BCUT2D eigenvalue weighted by molar-refractivity contribution is 5.36. The van der Waals surface area contributed by atoms with Crippen LogP contribution < -0.4 is 5.73 Å². The Labute approximate surface area is 89.4 Å². The minimum absolute atomic E-state index is 0.403. The maximum Gasteiger partial charge on any atom is 0.135 e. The maximum atomic E-state index is 5.73. The lowest BCUT2D eigenvalue weighted by molar-refractivity contribution is -0.0245. The molecule has 0 aromatic carbocycles. The summed E-state index contributed by atoms with van der Waals surface area (Å²) in [5, 5.41) is 0. The second-order valence-electron chi connectivity index (χ2n) is 3.96. The zero-order valence-electron chi connectivity index (χ0n) is 9.12. The number of rotatable bonds is 2. The van der Waals surface area contributed by atoms with Gasteiger partial charge in [0, 0.05) is 20.1 Å².